The second-order valence-corrected chi connectivity index (χ2v) is 5.57. The molecule has 19 heavy (non-hydrogen) atoms. The van der Waals surface area contributed by atoms with E-state index in [0.29, 0.717) is 23.3 Å². The average molecular weight is 255 g/mol. The van der Waals surface area contributed by atoms with Gasteiger partial charge < -0.3 is 5.32 Å². The molecular formula is C15H17N3O. The molecular weight excluding hydrogens is 238 g/mol. The summed E-state index contributed by atoms with van der Waals surface area (Å²) < 4.78 is 0. The highest BCUT2D eigenvalue weighted by Crippen LogP contribution is 2.31. The Bertz CT molecular complexity index is 505. The molecule has 2 aliphatic heterocycles. The molecule has 4 heteroatoms. The predicted octanol–water partition coefficient (Wildman–Crippen LogP) is 2.06. The van der Waals surface area contributed by atoms with Crippen molar-refractivity contribution in [1.29, 1.82) is 5.26 Å². The summed E-state index contributed by atoms with van der Waals surface area (Å²) in [6.07, 6.45) is 6.98. The van der Waals surface area contributed by atoms with E-state index < -0.39 is 0 Å². The van der Waals surface area contributed by atoms with Crippen LogP contribution in [0, 0.1) is 17.2 Å². The van der Waals surface area contributed by atoms with E-state index in [-0.39, 0.29) is 11.7 Å². The maximum atomic E-state index is 12.5. The lowest BCUT2D eigenvalue weighted by Gasteiger charge is -2.39. The maximum absolute atomic E-state index is 12.5. The molecule has 4 nitrogen and oxygen atoms in total. The van der Waals surface area contributed by atoms with Crippen molar-refractivity contribution < 1.29 is 4.79 Å². The molecule has 0 spiro atoms. The van der Waals surface area contributed by atoms with Crippen LogP contribution in [0.5, 0.6) is 0 Å². The summed E-state index contributed by atoms with van der Waals surface area (Å²) in [5.74, 6) is 0.236. The van der Waals surface area contributed by atoms with Crippen LogP contribution in [0.4, 0.5) is 0 Å². The molecule has 0 radical (unpaired) electrons. The van der Waals surface area contributed by atoms with Crippen molar-refractivity contribution in [2.45, 2.75) is 44.2 Å². The van der Waals surface area contributed by atoms with Crippen molar-refractivity contribution in [3.63, 3.8) is 0 Å². The summed E-state index contributed by atoms with van der Waals surface area (Å²) >= 11 is 0. The summed E-state index contributed by atoms with van der Waals surface area (Å²) in [5.41, 5.74) is 1.00. The van der Waals surface area contributed by atoms with Crippen LogP contribution < -0.4 is 5.32 Å². The SMILES string of the molecule is N#Cc1ccc(C(=O)C2CC3CCCC(C2)N3)nc1. The number of rotatable bonds is 2. The van der Waals surface area contributed by atoms with E-state index in [2.05, 4.69) is 10.3 Å². The van der Waals surface area contributed by atoms with Crippen molar-refractivity contribution in [3.05, 3.63) is 29.6 Å². The minimum Gasteiger partial charge on any atom is -0.311 e. The number of fused-ring (bicyclic) bond motifs is 2. The number of nitriles is 1. The van der Waals surface area contributed by atoms with E-state index in [4.69, 9.17) is 5.26 Å². The molecule has 0 aliphatic carbocycles. The zero-order chi connectivity index (χ0) is 13.2. The van der Waals surface area contributed by atoms with Gasteiger partial charge in [0, 0.05) is 24.2 Å². The molecule has 2 atom stereocenters. The third-order valence-electron chi connectivity index (χ3n) is 4.23. The lowest BCUT2D eigenvalue weighted by atomic mass is 9.78. The molecule has 2 unspecified atom stereocenters. The molecule has 3 heterocycles. The highest BCUT2D eigenvalue weighted by molar-refractivity contribution is 5.96. The first kappa shape index (κ1) is 12.3. The third kappa shape index (κ3) is 2.52. The minimum atomic E-state index is 0.0944. The summed E-state index contributed by atoms with van der Waals surface area (Å²) in [6.45, 7) is 0. The van der Waals surface area contributed by atoms with Crippen LogP contribution in [0.1, 0.15) is 48.2 Å². The van der Waals surface area contributed by atoms with Crippen LogP contribution in [0.25, 0.3) is 0 Å². The first-order valence-electron chi connectivity index (χ1n) is 6.92. The average Bonchev–Trinajstić information content (AvgIpc) is 2.46. The van der Waals surface area contributed by atoms with E-state index in [9.17, 15) is 4.79 Å². The van der Waals surface area contributed by atoms with E-state index in [1.807, 2.05) is 6.07 Å². The van der Waals surface area contributed by atoms with E-state index in [1.54, 1.807) is 12.1 Å². The van der Waals surface area contributed by atoms with Crippen molar-refractivity contribution in [2.75, 3.05) is 0 Å². The van der Waals surface area contributed by atoms with Gasteiger partial charge in [0.2, 0.25) is 0 Å². The van der Waals surface area contributed by atoms with Crippen LogP contribution in [-0.2, 0) is 0 Å². The van der Waals surface area contributed by atoms with Gasteiger partial charge in [-0.25, -0.2) is 0 Å². The molecule has 0 aromatic carbocycles. The first-order valence-corrected chi connectivity index (χ1v) is 6.92. The zero-order valence-electron chi connectivity index (χ0n) is 10.8. The van der Waals surface area contributed by atoms with E-state index in [1.165, 1.54) is 25.5 Å². The van der Waals surface area contributed by atoms with Gasteiger partial charge in [-0.15, -0.1) is 0 Å². The number of carbonyl (C=O) groups excluding carboxylic acids is 1. The zero-order valence-corrected chi connectivity index (χ0v) is 10.8. The van der Waals surface area contributed by atoms with Gasteiger partial charge in [-0.3, -0.25) is 9.78 Å². The van der Waals surface area contributed by atoms with E-state index >= 15 is 0 Å². The Morgan fingerprint density at radius 1 is 1.32 bits per heavy atom. The Hall–Kier alpha value is -1.73. The fourth-order valence-electron chi connectivity index (χ4n) is 3.29. The Balaban J connectivity index is 1.74. The van der Waals surface area contributed by atoms with Gasteiger partial charge in [-0.1, -0.05) is 6.42 Å². The molecule has 2 fully saturated rings. The number of Topliss-reactive ketones (excluding diaryl/α,β-unsaturated/α-hetero) is 1. The Labute approximate surface area is 112 Å². The quantitative estimate of drug-likeness (QED) is 0.821. The van der Waals surface area contributed by atoms with Crippen LogP contribution in [0.3, 0.4) is 0 Å². The molecule has 2 saturated heterocycles. The summed E-state index contributed by atoms with van der Waals surface area (Å²) in [5, 5.41) is 12.3. The number of nitrogens with zero attached hydrogens (tertiary/aromatic N) is 2. The molecule has 0 saturated carbocycles. The highest BCUT2D eigenvalue weighted by atomic mass is 16.1. The number of hydrogen-bond donors (Lipinski definition) is 1. The lowest BCUT2D eigenvalue weighted by molar-refractivity contribution is 0.0820. The molecule has 1 aromatic rings. The predicted molar refractivity (Wildman–Crippen MR) is 70.6 cm³/mol. The summed E-state index contributed by atoms with van der Waals surface area (Å²) in [6, 6.07) is 6.37. The Kier molecular flexibility index (Phi) is 3.31. The van der Waals surface area contributed by atoms with Gasteiger partial charge in [0.15, 0.2) is 5.78 Å². The second kappa shape index (κ2) is 5.10. The van der Waals surface area contributed by atoms with Crippen LogP contribution in [0.15, 0.2) is 18.3 Å². The lowest BCUT2D eigenvalue weighted by Crippen LogP contribution is -2.50. The van der Waals surface area contributed by atoms with Crippen LogP contribution in [-0.4, -0.2) is 22.9 Å². The molecule has 0 amide bonds. The van der Waals surface area contributed by atoms with E-state index in [0.717, 1.165) is 12.8 Å². The summed E-state index contributed by atoms with van der Waals surface area (Å²) in [7, 11) is 0. The van der Waals surface area contributed by atoms with Gasteiger partial charge in [0.25, 0.3) is 0 Å². The fourth-order valence-corrected chi connectivity index (χ4v) is 3.29. The second-order valence-electron chi connectivity index (χ2n) is 5.57. The van der Waals surface area contributed by atoms with Gasteiger partial charge >= 0.3 is 0 Å². The van der Waals surface area contributed by atoms with Crippen molar-refractivity contribution in [1.82, 2.24) is 10.3 Å². The maximum Gasteiger partial charge on any atom is 0.184 e. The monoisotopic (exact) mass is 255 g/mol. The molecule has 3 rings (SSSR count). The largest absolute Gasteiger partial charge is 0.311 e. The number of nitrogens with one attached hydrogen (secondary N) is 1. The van der Waals surface area contributed by atoms with Gasteiger partial charge in [0.1, 0.15) is 11.8 Å². The van der Waals surface area contributed by atoms with Gasteiger partial charge in [0.05, 0.1) is 5.56 Å². The third-order valence-corrected chi connectivity index (χ3v) is 4.23. The molecule has 1 N–H and O–H groups in total. The number of carbonyl (C=O) groups is 1. The van der Waals surface area contributed by atoms with Crippen molar-refractivity contribution in [2.24, 2.45) is 5.92 Å². The molecule has 2 bridgehead atoms. The number of ketones is 1. The standard InChI is InChI=1S/C15H17N3O/c16-8-10-4-5-14(17-9-10)15(19)11-6-12-2-1-3-13(7-11)18-12/h4-5,9,11-13,18H,1-3,6-7H2. The highest BCUT2D eigenvalue weighted by Gasteiger charge is 2.35. The normalized spacial score (nSPS) is 29.5. The fraction of sp³-hybridized carbons (Fsp3) is 0.533. The molecule has 1 aromatic heterocycles. The number of piperidine rings is 2. The van der Waals surface area contributed by atoms with Crippen LogP contribution >= 0.6 is 0 Å². The molecule has 2 aliphatic rings. The van der Waals surface area contributed by atoms with Crippen molar-refractivity contribution in [3.8, 4) is 6.07 Å². The van der Waals surface area contributed by atoms with Crippen LogP contribution in [0.2, 0.25) is 0 Å². The Morgan fingerprint density at radius 2 is 2.05 bits per heavy atom. The smallest absolute Gasteiger partial charge is 0.184 e. The van der Waals surface area contributed by atoms with Gasteiger partial charge in [-0.05, 0) is 37.8 Å². The number of aromatic nitrogens is 1. The number of pyridine rings is 1. The Morgan fingerprint density at radius 3 is 2.63 bits per heavy atom. The molecule has 98 valence electrons. The minimum absolute atomic E-state index is 0.0944. The number of hydrogen-bond acceptors (Lipinski definition) is 4. The topological polar surface area (TPSA) is 65.8 Å². The summed E-state index contributed by atoms with van der Waals surface area (Å²) in [4.78, 5) is 16.6. The van der Waals surface area contributed by atoms with Gasteiger partial charge in [-0.2, -0.15) is 5.26 Å². The van der Waals surface area contributed by atoms with Crippen molar-refractivity contribution >= 4 is 5.78 Å². The first-order chi connectivity index (χ1) is 9.26.